The van der Waals surface area contributed by atoms with Crippen molar-refractivity contribution >= 4 is 17.5 Å². The maximum absolute atomic E-state index is 12.1. The second-order valence-corrected chi connectivity index (χ2v) is 5.25. The van der Waals surface area contributed by atoms with Gasteiger partial charge in [0, 0.05) is 12.6 Å². The lowest BCUT2D eigenvalue weighted by Gasteiger charge is -2.23. The highest BCUT2D eigenvalue weighted by atomic mass is 16.3. The van der Waals surface area contributed by atoms with Crippen LogP contribution in [0.15, 0.2) is 41.0 Å². The fourth-order valence-electron chi connectivity index (χ4n) is 2.17. The Morgan fingerprint density at radius 3 is 2.64 bits per heavy atom. The quantitative estimate of drug-likeness (QED) is 0.923. The number of anilines is 1. The number of aryl methyl sites for hydroxylation is 2. The highest BCUT2D eigenvalue weighted by Gasteiger charge is 2.17. The largest absolute Gasteiger partial charge is 0.467 e. The second-order valence-electron chi connectivity index (χ2n) is 5.25. The van der Waals surface area contributed by atoms with Gasteiger partial charge in [-0.1, -0.05) is 12.1 Å². The molecule has 0 aliphatic heterocycles. The molecule has 2 amide bonds. The molecule has 0 spiro atoms. The molecule has 116 valence electrons. The minimum Gasteiger partial charge on any atom is -0.467 e. The van der Waals surface area contributed by atoms with Crippen LogP contribution in [0.1, 0.15) is 23.8 Å². The van der Waals surface area contributed by atoms with Crippen LogP contribution in [-0.4, -0.2) is 18.4 Å². The number of furan rings is 1. The number of rotatable bonds is 5. The van der Waals surface area contributed by atoms with Crippen molar-refractivity contribution in [3.05, 3.63) is 53.5 Å². The first-order chi connectivity index (χ1) is 10.5. The van der Waals surface area contributed by atoms with Gasteiger partial charge in [0.05, 0.1) is 12.8 Å². The molecule has 0 aliphatic rings. The van der Waals surface area contributed by atoms with Crippen molar-refractivity contribution in [2.24, 2.45) is 0 Å². The number of carbonyl (C=O) groups excluding carboxylic acids is 2. The summed E-state index contributed by atoms with van der Waals surface area (Å²) in [5, 5.41) is 2.75. The van der Waals surface area contributed by atoms with Gasteiger partial charge in [0.25, 0.3) is 0 Å². The first kappa shape index (κ1) is 15.8. The van der Waals surface area contributed by atoms with Gasteiger partial charge in [0.1, 0.15) is 12.3 Å². The van der Waals surface area contributed by atoms with Crippen LogP contribution in [0, 0.1) is 13.8 Å². The van der Waals surface area contributed by atoms with Gasteiger partial charge >= 0.3 is 0 Å². The lowest BCUT2D eigenvalue weighted by Crippen LogP contribution is -2.40. The molecule has 2 rings (SSSR count). The van der Waals surface area contributed by atoms with E-state index in [1.165, 1.54) is 11.8 Å². The fraction of sp³-hybridized carbons (Fsp3) is 0.294. The Balaban J connectivity index is 2.07. The summed E-state index contributed by atoms with van der Waals surface area (Å²) in [6.07, 6.45) is 1.56. The molecule has 1 N–H and O–H groups in total. The van der Waals surface area contributed by atoms with Crippen molar-refractivity contribution < 1.29 is 14.0 Å². The molecular weight excluding hydrogens is 280 g/mol. The van der Waals surface area contributed by atoms with Crippen molar-refractivity contribution in [3.8, 4) is 0 Å². The van der Waals surface area contributed by atoms with Gasteiger partial charge in [-0.05, 0) is 43.2 Å². The average Bonchev–Trinajstić information content (AvgIpc) is 2.98. The molecule has 5 heteroatoms. The first-order valence-corrected chi connectivity index (χ1v) is 7.12. The Kier molecular flexibility index (Phi) is 4.99. The number of hydrogen-bond acceptors (Lipinski definition) is 3. The van der Waals surface area contributed by atoms with Crippen LogP contribution >= 0.6 is 0 Å². The summed E-state index contributed by atoms with van der Waals surface area (Å²) in [7, 11) is 0. The van der Waals surface area contributed by atoms with E-state index < -0.39 is 0 Å². The summed E-state index contributed by atoms with van der Waals surface area (Å²) >= 11 is 0. The highest BCUT2D eigenvalue weighted by Crippen LogP contribution is 2.21. The van der Waals surface area contributed by atoms with E-state index in [-0.39, 0.29) is 18.4 Å². The fourth-order valence-corrected chi connectivity index (χ4v) is 2.17. The number of carbonyl (C=O) groups is 2. The normalized spacial score (nSPS) is 10.3. The molecule has 1 aromatic carbocycles. The minimum atomic E-state index is -0.229. The Bertz CT molecular complexity index is 663. The van der Waals surface area contributed by atoms with E-state index in [1.54, 1.807) is 18.4 Å². The molecular formula is C17H20N2O3. The smallest absolute Gasteiger partial charge is 0.240 e. The van der Waals surface area contributed by atoms with E-state index in [0.717, 1.165) is 16.8 Å². The Morgan fingerprint density at radius 1 is 1.23 bits per heavy atom. The third-order valence-electron chi connectivity index (χ3n) is 3.38. The van der Waals surface area contributed by atoms with Crippen LogP contribution in [0.4, 0.5) is 5.69 Å². The first-order valence-electron chi connectivity index (χ1n) is 7.12. The third-order valence-corrected chi connectivity index (χ3v) is 3.38. The standard InChI is InChI=1S/C17H20N2O3/c1-12-6-7-13(2)16(9-12)19(14(3)20)11-17(21)18-10-15-5-4-8-22-15/h4-9H,10-11H2,1-3H3,(H,18,21). The number of nitrogens with one attached hydrogen (secondary N) is 1. The number of nitrogens with zero attached hydrogens (tertiary/aromatic N) is 1. The van der Waals surface area contributed by atoms with Crippen LogP contribution in [0.2, 0.25) is 0 Å². The summed E-state index contributed by atoms with van der Waals surface area (Å²) in [5.41, 5.74) is 2.77. The molecule has 0 bridgehead atoms. The van der Waals surface area contributed by atoms with Gasteiger partial charge in [0.2, 0.25) is 11.8 Å². The zero-order chi connectivity index (χ0) is 16.1. The maximum atomic E-state index is 12.1. The topological polar surface area (TPSA) is 62.6 Å². The van der Waals surface area contributed by atoms with E-state index in [9.17, 15) is 9.59 Å². The van der Waals surface area contributed by atoms with Gasteiger partial charge in [-0.25, -0.2) is 0 Å². The van der Waals surface area contributed by atoms with E-state index >= 15 is 0 Å². The molecule has 0 fully saturated rings. The van der Waals surface area contributed by atoms with Gasteiger partial charge in [-0.15, -0.1) is 0 Å². The molecule has 0 saturated carbocycles. The maximum Gasteiger partial charge on any atom is 0.240 e. The van der Waals surface area contributed by atoms with Crippen LogP contribution < -0.4 is 10.2 Å². The Morgan fingerprint density at radius 2 is 2.00 bits per heavy atom. The molecule has 0 aliphatic carbocycles. The summed E-state index contributed by atoms with van der Waals surface area (Å²) in [6, 6.07) is 9.39. The lowest BCUT2D eigenvalue weighted by atomic mass is 10.1. The summed E-state index contributed by atoms with van der Waals surface area (Å²) < 4.78 is 5.16. The van der Waals surface area contributed by atoms with E-state index in [0.29, 0.717) is 12.3 Å². The van der Waals surface area contributed by atoms with Gasteiger partial charge in [-0.3, -0.25) is 9.59 Å². The molecule has 2 aromatic rings. The molecule has 22 heavy (non-hydrogen) atoms. The summed E-state index contributed by atoms with van der Waals surface area (Å²) in [5.74, 6) is 0.281. The zero-order valence-corrected chi connectivity index (χ0v) is 13.1. The van der Waals surface area contributed by atoms with Crippen molar-refractivity contribution in [3.63, 3.8) is 0 Å². The lowest BCUT2D eigenvalue weighted by molar-refractivity contribution is -0.123. The van der Waals surface area contributed by atoms with Gasteiger partial charge in [0.15, 0.2) is 0 Å². The number of benzene rings is 1. The van der Waals surface area contributed by atoms with Crippen LogP contribution in [0.3, 0.4) is 0 Å². The van der Waals surface area contributed by atoms with Crippen molar-refractivity contribution in [2.45, 2.75) is 27.3 Å². The molecule has 0 atom stereocenters. The van der Waals surface area contributed by atoms with E-state index in [2.05, 4.69) is 5.32 Å². The molecule has 1 aromatic heterocycles. The van der Waals surface area contributed by atoms with E-state index in [1.807, 2.05) is 32.0 Å². The average molecular weight is 300 g/mol. The van der Waals surface area contributed by atoms with Crippen LogP contribution in [0.5, 0.6) is 0 Å². The minimum absolute atomic E-state index is 0.0136. The summed E-state index contributed by atoms with van der Waals surface area (Å²) in [4.78, 5) is 25.5. The predicted molar refractivity (Wildman–Crippen MR) is 84.5 cm³/mol. The van der Waals surface area contributed by atoms with Crippen molar-refractivity contribution in [1.82, 2.24) is 5.32 Å². The molecule has 5 nitrogen and oxygen atoms in total. The van der Waals surface area contributed by atoms with E-state index in [4.69, 9.17) is 4.42 Å². The molecule has 0 radical (unpaired) electrons. The monoisotopic (exact) mass is 300 g/mol. The zero-order valence-electron chi connectivity index (χ0n) is 13.1. The Labute approximate surface area is 129 Å². The molecule has 0 saturated heterocycles. The van der Waals surface area contributed by atoms with Gasteiger partial charge in [-0.2, -0.15) is 0 Å². The third kappa shape index (κ3) is 3.97. The SMILES string of the molecule is CC(=O)N(CC(=O)NCc1ccco1)c1cc(C)ccc1C. The summed E-state index contributed by atoms with van der Waals surface area (Å²) in [6.45, 7) is 5.63. The Hall–Kier alpha value is -2.56. The van der Waals surface area contributed by atoms with Crippen LogP contribution in [-0.2, 0) is 16.1 Å². The van der Waals surface area contributed by atoms with Crippen LogP contribution in [0.25, 0.3) is 0 Å². The van der Waals surface area contributed by atoms with Crippen molar-refractivity contribution in [1.29, 1.82) is 0 Å². The number of amides is 2. The van der Waals surface area contributed by atoms with Crippen molar-refractivity contribution in [2.75, 3.05) is 11.4 Å². The predicted octanol–water partition coefficient (Wildman–Crippen LogP) is 2.57. The molecule has 1 heterocycles. The molecule has 0 unspecified atom stereocenters. The van der Waals surface area contributed by atoms with Gasteiger partial charge < -0.3 is 14.6 Å². The highest BCUT2D eigenvalue weighted by molar-refractivity contribution is 5.98. The number of hydrogen-bond donors (Lipinski definition) is 1. The second kappa shape index (κ2) is 6.93.